The van der Waals surface area contributed by atoms with E-state index in [0.29, 0.717) is 6.61 Å². The largest absolute Gasteiger partial charge is 0.396 e. The minimum atomic E-state index is 0.194. The van der Waals surface area contributed by atoms with Crippen LogP contribution in [-0.2, 0) is 0 Å². The fourth-order valence-electron chi connectivity index (χ4n) is 0.658. The van der Waals surface area contributed by atoms with Crippen LogP contribution in [0.15, 0.2) is 0 Å². The molecule has 0 aromatic heterocycles. The first-order valence-corrected chi connectivity index (χ1v) is 6.54. The van der Waals surface area contributed by atoms with Crippen LogP contribution in [0.3, 0.4) is 0 Å². The Kier molecular flexibility index (Phi) is 41.7. The monoisotopic (exact) mass is 244 g/mol. The first-order chi connectivity index (χ1) is 6.74. The Morgan fingerprint density at radius 2 is 1.07 bits per heavy atom. The van der Waals surface area contributed by atoms with E-state index in [9.17, 15) is 0 Å². The molecule has 0 saturated carbocycles. The Morgan fingerprint density at radius 3 is 1.14 bits per heavy atom. The minimum absolute atomic E-state index is 0.194. The Labute approximate surface area is 99.8 Å². The van der Waals surface area contributed by atoms with Crippen LogP contribution < -0.4 is 0 Å². The second kappa shape index (κ2) is 29.2. The van der Waals surface area contributed by atoms with Crippen molar-refractivity contribution < 1.29 is 5.11 Å². The van der Waals surface area contributed by atoms with Crippen molar-refractivity contribution in [3.8, 4) is 0 Å². The highest BCUT2D eigenvalue weighted by molar-refractivity contribution is 6.40. The van der Waals surface area contributed by atoms with Gasteiger partial charge < -0.3 is 5.11 Å². The number of hydrogen-bond acceptors (Lipinski definition) is 1. The van der Waals surface area contributed by atoms with Gasteiger partial charge in [-0.15, -0.1) is 23.2 Å². The molecule has 0 amide bonds. The van der Waals surface area contributed by atoms with Crippen molar-refractivity contribution in [2.24, 2.45) is 0 Å². The third kappa shape index (κ3) is 54.4. The fraction of sp³-hybridized carbons (Fsp3) is 1.00. The summed E-state index contributed by atoms with van der Waals surface area (Å²) in [6, 6.07) is 0. The summed E-state index contributed by atoms with van der Waals surface area (Å²) in [4.78, 5) is 0. The van der Waals surface area contributed by atoms with Gasteiger partial charge in [-0.1, -0.05) is 52.9 Å². The predicted molar refractivity (Wildman–Crippen MR) is 68.4 cm³/mol. The molecule has 0 aliphatic rings. The van der Waals surface area contributed by atoms with Gasteiger partial charge in [-0.2, -0.15) is 0 Å². The molecule has 0 saturated heterocycles. The third-order valence-corrected chi connectivity index (χ3v) is 1.47. The zero-order valence-electron chi connectivity index (χ0n) is 9.86. The van der Waals surface area contributed by atoms with E-state index in [4.69, 9.17) is 28.3 Å². The molecule has 0 fully saturated rings. The van der Waals surface area contributed by atoms with E-state index in [0.717, 1.165) is 12.8 Å². The maximum absolute atomic E-state index is 8.07. The summed E-state index contributed by atoms with van der Waals surface area (Å²) in [5.41, 5.74) is 0. The molecule has 3 heteroatoms. The average Bonchev–Trinajstić information content (AvgIpc) is 2.18. The Hall–Kier alpha value is 0.540. The molecule has 0 bridgehead atoms. The number of rotatable bonds is 5. The van der Waals surface area contributed by atoms with Gasteiger partial charge in [0.2, 0.25) is 0 Å². The highest BCUT2D eigenvalue weighted by Gasteiger charge is 1.75. The quantitative estimate of drug-likeness (QED) is 0.545. The maximum Gasteiger partial charge on any atom is 0.0967 e. The number of aliphatic hydroxyl groups excluding tert-OH is 1. The number of unbranched alkanes of at least 4 members (excludes halogenated alkanes) is 4. The number of alkyl halides is 2. The molecule has 0 rings (SSSR count). The first-order valence-electron chi connectivity index (χ1n) is 5.47. The SMILES string of the molecule is CCCCCC.CCCCO.ClCCl. The van der Waals surface area contributed by atoms with E-state index in [-0.39, 0.29) is 5.34 Å². The Balaban J connectivity index is -0.000000138. The van der Waals surface area contributed by atoms with Crippen molar-refractivity contribution in [3.63, 3.8) is 0 Å². The molecule has 1 nitrogen and oxygen atoms in total. The van der Waals surface area contributed by atoms with Gasteiger partial charge in [-0.3, -0.25) is 0 Å². The zero-order valence-corrected chi connectivity index (χ0v) is 11.4. The summed E-state index contributed by atoms with van der Waals surface area (Å²) in [6.07, 6.45) is 7.57. The van der Waals surface area contributed by atoms with Gasteiger partial charge in [0.15, 0.2) is 0 Å². The van der Waals surface area contributed by atoms with Crippen LogP contribution in [0.4, 0.5) is 0 Å². The van der Waals surface area contributed by atoms with Gasteiger partial charge in [-0.05, 0) is 6.42 Å². The summed E-state index contributed by atoms with van der Waals surface area (Å²) in [6.45, 7) is 6.86. The van der Waals surface area contributed by atoms with Crippen molar-refractivity contribution in [1.29, 1.82) is 0 Å². The second-order valence-electron chi connectivity index (χ2n) is 2.89. The highest BCUT2D eigenvalue weighted by Crippen LogP contribution is 1.95. The molecule has 0 aromatic rings. The van der Waals surface area contributed by atoms with Crippen LogP contribution >= 0.6 is 23.2 Å². The summed E-state index contributed by atoms with van der Waals surface area (Å²) >= 11 is 9.53. The topological polar surface area (TPSA) is 20.2 Å². The molecular weight excluding hydrogens is 219 g/mol. The molecule has 14 heavy (non-hydrogen) atoms. The van der Waals surface area contributed by atoms with Gasteiger partial charge in [0.1, 0.15) is 0 Å². The van der Waals surface area contributed by atoms with E-state index in [1.807, 2.05) is 0 Å². The summed E-state index contributed by atoms with van der Waals surface area (Å²) < 4.78 is 0. The molecule has 0 radical (unpaired) electrons. The van der Waals surface area contributed by atoms with Crippen molar-refractivity contribution in [3.05, 3.63) is 0 Å². The van der Waals surface area contributed by atoms with Gasteiger partial charge in [-0.25, -0.2) is 0 Å². The van der Waals surface area contributed by atoms with E-state index < -0.39 is 0 Å². The van der Waals surface area contributed by atoms with Crippen LogP contribution in [-0.4, -0.2) is 17.1 Å². The van der Waals surface area contributed by atoms with Crippen molar-refractivity contribution in [2.75, 3.05) is 11.9 Å². The van der Waals surface area contributed by atoms with Gasteiger partial charge in [0.05, 0.1) is 5.34 Å². The molecule has 0 heterocycles. The lowest BCUT2D eigenvalue weighted by Gasteiger charge is -1.86. The number of halogens is 2. The van der Waals surface area contributed by atoms with E-state index >= 15 is 0 Å². The highest BCUT2D eigenvalue weighted by atomic mass is 35.5. The molecular formula is C11H26Cl2O. The number of hydrogen-bond donors (Lipinski definition) is 1. The molecule has 0 aliphatic carbocycles. The maximum atomic E-state index is 8.07. The zero-order chi connectivity index (χ0) is 11.7. The van der Waals surface area contributed by atoms with Crippen LogP contribution in [0.1, 0.15) is 59.3 Å². The average molecular weight is 245 g/mol. The van der Waals surface area contributed by atoms with Gasteiger partial charge >= 0.3 is 0 Å². The molecule has 1 N–H and O–H groups in total. The third-order valence-electron chi connectivity index (χ3n) is 1.47. The first kappa shape index (κ1) is 20.0. The van der Waals surface area contributed by atoms with Crippen LogP contribution in [0.25, 0.3) is 0 Å². The second-order valence-corrected chi connectivity index (χ2v) is 3.69. The van der Waals surface area contributed by atoms with E-state index in [1.54, 1.807) is 0 Å². The summed E-state index contributed by atoms with van der Waals surface area (Å²) in [5, 5.41) is 8.26. The van der Waals surface area contributed by atoms with Crippen LogP contribution in [0.2, 0.25) is 0 Å². The molecule has 0 aromatic carbocycles. The summed E-state index contributed by atoms with van der Waals surface area (Å²) in [7, 11) is 0. The lowest BCUT2D eigenvalue weighted by Crippen LogP contribution is -1.75. The lowest BCUT2D eigenvalue weighted by molar-refractivity contribution is 0.287. The molecule has 0 spiro atoms. The molecule has 0 atom stereocenters. The van der Waals surface area contributed by atoms with Crippen LogP contribution in [0.5, 0.6) is 0 Å². The molecule has 0 aliphatic heterocycles. The van der Waals surface area contributed by atoms with E-state index in [1.165, 1.54) is 25.7 Å². The smallest absolute Gasteiger partial charge is 0.0967 e. The molecule has 0 unspecified atom stereocenters. The predicted octanol–water partition coefficient (Wildman–Crippen LogP) is 4.79. The van der Waals surface area contributed by atoms with E-state index in [2.05, 4.69) is 20.8 Å². The van der Waals surface area contributed by atoms with Gasteiger partial charge in [0, 0.05) is 6.61 Å². The van der Waals surface area contributed by atoms with Crippen molar-refractivity contribution in [1.82, 2.24) is 0 Å². The Morgan fingerprint density at radius 1 is 0.786 bits per heavy atom. The minimum Gasteiger partial charge on any atom is -0.396 e. The van der Waals surface area contributed by atoms with Crippen molar-refractivity contribution in [2.45, 2.75) is 59.3 Å². The van der Waals surface area contributed by atoms with Gasteiger partial charge in [0.25, 0.3) is 0 Å². The van der Waals surface area contributed by atoms with Crippen LogP contribution in [0, 0.1) is 0 Å². The normalized spacial score (nSPS) is 8.14. The lowest BCUT2D eigenvalue weighted by atomic mass is 10.2. The number of aliphatic hydroxyl groups is 1. The Bertz CT molecular complexity index is 55.2. The van der Waals surface area contributed by atoms with Crippen molar-refractivity contribution >= 4 is 23.2 Å². The molecule has 90 valence electrons. The standard InChI is InChI=1S/C6H14.C4H10O.CH2Cl2/c1-3-5-6-4-2;1-2-3-4-5;2-1-3/h3-6H2,1-2H3;5H,2-4H2,1H3;1H2. The fourth-order valence-corrected chi connectivity index (χ4v) is 0.658. The summed E-state index contributed by atoms with van der Waals surface area (Å²) in [5.74, 6) is 0.